The van der Waals surface area contributed by atoms with Crippen LogP contribution in [0.3, 0.4) is 0 Å². The lowest BCUT2D eigenvalue weighted by Gasteiger charge is -2.07. The van der Waals surface area contributed by atoms with Gasteiger partial charge in [0.05, 0.1) is 12.2 Å². The molecule has 0 aromatic heterocycles. The van der Waals surface area contributed by atoms with Gasteiger partial charge in [-0.25, -0.2) is 4.79 Å². The van der Waals surface area contributed by atoms with E-state index in [0.29, 0.717) is 29.2 Å². The van der Waals surface area contributed by atoms with Crippen LogP contribution >= 0.6 is 0 Å². The topological polar surface area (TPSA) is 43.4 Å². The van der Waals surface area contributed by atoms with Crippen molar-refractivity contribution in [2.45, 2.75) is 13.8 Å². The fraction of sp³-hybridized carbons (Fsp3) is 0.222. The molecule has 21 heavy (non-hydrogen) atoms. The van der Waals surface area contributed by atoms with Gasteiger partial charge in [0.2, 0.25) is 0 Å². The fourth-order valence-electron chi connectivity index (χ4n) is 1.84. The van der Waals surface area contributed by atoms with E-state index in [-0.39, 0.29) is 11.8 Å². The summed E-state index contributed by atoms with van der Waals surface area (Å²) in [5.41, 5.74) is 1.65. The normalized spacial score (nSPS) is 10.4. The first-order valence-electron chi connectivity index (χ1n) is 6.95. The largest absolute Gasteiger partial charge is 0.462 e. The number of carbonyl (C=O) groups excluding carboxylic acids is 2. The Kier molecular flexibility index (Phi) is 4.88. The summed E-state index contributed by atoms with van der Waals surface area (Å²) in [7, 11) is 0. The number of hydrogen-bond acceptors (Lipinski definition) is 3. The van der Waals surface area contributed by atoms with E-state index in [9.17, 15) is 9.59 Å². The zero-order chi connectivity index (χ0) is 15.2. The van der Waals surface area contributed by atoms with Crippen LogP contribution in [0.15, 0.2) is 54.6 Å². The summed E-state index contributed by atoms with van der Waals surface area (Å²) >= 11 is 0. The average molecular weight is 282 g/mol. The van der Waals surface area contributed by atoms with Crippen molar-refractivity contribution in [1.29, 1.82) is 0 Å². The van der Waals surface area contributed by atoms with Crippen molar-refractivity contribution >= 4 is 11.8 Å². The van der Waals surface area contributed by atoms with Crippen molar-refractivity contribution < 1.29 is 14.3 Å². The third kappa shape index (κ3) is 4.02. The third-order valence-electron chi connectivity index (χ3n) is 2.97. The molecule has 0 fully saturated rings. The van der Waals surface area contributed by atoms with Gasteiger partial charge in [-0.15, -0.1) is 0 Å². The summed E-state index contributed by atoms with van der Waals surface area (Å²) < 4.78 is 5.15. The molecule has 0 aliphatic carbocycles. The molecule has 0 aliphatic heterocycles. The Morgan fingerprint density at radius 3 is 1.95 bits per heavy atom. The minimum atomic E-state index is -0.359. The number of ether oxygens (including phenoxy) is 1. The van der Waals surface area contributed by atoms with Gasteiger partial charge < -0.3 is 4.74 Å². The number of carbonyl (C=O) groups is 2. The minimum absolute atomic E-state index is 0.0577. The van der Waals surface area contributed by atoms with Crippen molar-refractivity contribution in [2.75, 3.05) is 6.61 Å². The maximum atomic E-state index is 12.2. The van der Waals surface area contributed by atoms with Crippen LogP contribution in [-0.4, -0.2) is 18.4 Å². The maximum Gasteiger partial charge on any atom is 0.338 e. The van der Waals surface area contributed by atoms with Crippen LogP contribution in [0.1, 0.15) is 40.1 Å². The second-order valence-electron chi connectivity index (χ2n) is 5.26. The van der Waals surface area contributed by atoms with Crippen molar-refractivity contribution in [3.63, 3.8) is 0 Å². The van der Waals surface area contributed by atoms with E-state index in [1.165, 1.54) is 0 Å². The lowest BCUT2D eigenvalue weighted by Crippen LogP contribution is -2.10. The second kappa shape index (κ2) is 6.84. The standard InChI is InChI=1S/C18H18O3/c1-13(2)12-21-18(20)16-10-8-15(9-11-16)17(19)14-6-4-3-5-7-14/h3-11,13H,12H2,1-2H3. The molecule has 0 atom stereocenters. The Hall–Kier alpha value is -2.42. The van der Waals surface area contributed by atoms with Crippen LogP contribution < -0.4 is 0 Å². The number of rotatable bonds is 5. The number of ketones is 1. The van der Waals surface area contributed by atoms with E-state index < -0.39 is 0 Å². The van der Waals surface area contributed by atoms with Crippen molar-refractivity contribution in [3.05, 3.63) is 71.3 Å². The number of esters is 1. The molecule has 0 spiro atoms. The molecule has 0 unspecified atom stereocenters. The summed E-state index contributed by atoms with van der Waals surface area (Å²) in [6, 6.07) is 15.6. The van der Waals surface area contributed by atoms with Crippen LogP contribution in [0.25, 0.3) is 0 Å². The van der Waals surface area contributed by atoms with E-state index in [1.807, 2.05) is 32.0 Å². The zero-order valence-electron chi connectivity index (χ0n) is 12.2. The molecule has 3 nitrogen and oxygen atoms in total. The zero-order valence-corrected chi connectivity index (χ0v) is 12.2. The van der Waals surface area contributed by atoms with Gasteiger partial charge in [-0.3, -0.25) is 4.79 Å². The summed E-state index contributed by atoms with van der Waals surface area (Å²) in [4.78, 5) is 24.0. The van der Waals surface area contributed by atoms with Crippen LogP contribution in [0, 0.1) is 5.92 Å². The number of hydrogen-bond donors (Lipinski definition) is 0. The predicted octanol–water partition coefficient (Wildman–Crippen LogP) is 3.73. The highest BCUT2D eigenvalue weighted by atomic mass is 16.5. The SMILES string of the molecule is CC(C)COC(=O)c1ccc(C(=O)c2ccccc2)cc1. The van der Waals surface area contributed by atoms with Gasteiger partial charge in [0.1, 0.15) is 0 Å². The highest BCUT2D eigenvalue weighted by molar-refractivity contribution is 6.09. The first-order valence-corrected chi connectivity index (χ1v) is 6.95. The predicted molar refractivity (Wildman–Crippen MR) is 81.4 cm³/mol. The lowest BCUT2D eigenvalue weighted by molar-refractivity contribution is 0.0458. The van der Waals surface area contributed by atoms with Gasteiger partial charge in [-0.2, -0.15) is 0 Å². The molecule has 0 heterocycles. The maximum absolute atomic E-state index is 12.2. The molecule has 3 heteroatoms. The second-order valence-corrected chi connectivity index (χ2v) is 5.26. The lowest BCUT2D eigenvalue weighted by atomic mass is 10.0. The molecular formula is C18H18O3. The summed E-state index contributed by atoms with van der Waals surface area (Å²) in [5.74, 6) is -0.118. The Morgan fingerprint density at radius 2 is 1.38 bits per heavy atom. The van der Waals surface area contributed by atoms with Gasteiger partial charge >= 0.3 is 5.97 Å². The monoisotopic (exact) mass is 282 g/mol. The van der Waals surface area contributed by atoms with Gasteiger partial charge in [0.15, 0.2) is 5.78 Å². The molecule has 0 N–H and O–H groups in total. The quantitative estimate of drug-likeness (QED) is 0.620. The van der Waals surface area contributed by atoms with Crippen LogP contribution in [0.2, 0.25) is 0 Å². The van der Waals surface area contributed by atoms with Gasteiger partial charge in [0, 0.05) is 11.1 Å². The van der Waals surface area contributed by atoms with E-state index in [1.54, 1.807) is 36.4 Å². The minimum Gasteiger partial charge on any atom is -0.462 e. The van der Waals surface area contributed by atoms with Gasteiger partial charge in [-0.05, 0) is 18.1 Å². The molecule has 2 rings (SSSR count). The Labute approximate surface area is 124 Å². The van der Waals surface area contributed by atoms with E-state index in [0.717, 1.165) is 0 Å². The van der Waals surface area contributed by atoms with Gasteiger partial charge in [0.25, 0.3) is 0 Å². The van der Waals surface area contributed by atoms with E-state index >= 15 is 0 Å². The molecule has 0 aliphatic rings. The third-order valence-corrected chi connectivity index (χ3v) is 2.97. The Balaban J connectivity index is 2.09. The van der Waals surface area contributed by atoms with Crippen molar-refractivity contribution in [2.24, 2.45) is 5.92 Å². The fourth-order valence-corrected chi connectivity index (χ4v) is 1.84. The molecular weight excluding hydrogens is 264 g/mol. The highest BCUT2D eigenvalue weighted by Gasteiger charge is 2.11. The Morgan fingerprint density at radius 1 is 0.857 bits per heavy atom. The van der Waals surface area contributed by atoms with Gasteiger partial charge in [-0.1, -0.05) is 56.3 Å². The van der Waals surface area contributed by atoms with E-state index in [2.05, 4.69) is 0 Å². The first kappa shape index (κ1) is 15.0. The van der Waals surface area contributed by atoms with Crippen LogP contribution in [0.5, 0.6) is 0 Å². The summed E-state index contributed by atoms with van der Waals surface area (Å²) in [5, 5.41) is 0. The summed E-state index contributed by atoms with van der Waals surface area (Å²) in [6.45, 7) is 4.35. The molecule has 0 amide bonds. The van der Waals surface area contributed by atoms with Crippen LogP contribution in [0.4, 0.5) is 0 Å². The molecule has 0 radical (unpaired) electrons. The van der Waals surface area contributed by atoms with Crippen molar-refractivity contribution in [1.82, 2.24) is 0 Å². The molecule has 0 bridgehead atoms. The summed E-state index contributed by atoms with van der Waals surface area (Å²) in [6.07, 6.45) is 0. The molecule has 0 saturated carbocycles. The first-order chi connectivity index (χ1) is 10.1. The molecule has 0 saturated heterocycles. The smallest absolute Gasteiger partial charge is 0.338 e. The molecule has 2 aromatic rings. The highest BCUT2D eigenvalue weighted by Crippen LogP contribution is 2.12. The average Bonchev–Trinajstić information content (AvgIpc) is 2.53. The number of benzene rings is 2. The molecule has 108 valence electrons. The molecule has 2 aromatic carbocycles. The van der Waals surface area contributed by atoms with Crippen LogP contribution in [-0.2, 0) is 4.74 Å². The van der Waals surface area contributed by atoms with E-state index in [4.69, 9.17) is 4.74 Å². The van der Waals surface area contributed by atoms with Crippen molar-refractivity contribution in [3.8, 4) is 0 Å². The Bertz CT molecular complexity index is 613.